The monoisotopic (exact) mass is 461 g/mol. The van der Waals surface area contributed by atoms with Gasteiger partial charge in [0.25, 0.3) is 0 Å². The van der Waals surface area contributed by atoms with E-state index in [1.165, 1.54) is 18.7 Å². The number of thioether (sulfide) groups is 1. The summed E-state index contributed by atoms with van der Waals surface area (Å²) in [4.78, 5) is 36.5. The first-order valence-corrected chi connectivity index (χ1v) is 11.7. The number of hydrogen-bond donors (Lipinski definition) is 1. The number of hydrogen-bond acceptors (Lipinski definition) is 5. The summed E-state index contributed by atoms with van der Waals surface area (Å²) < 4.78 is 5.35. The van der Waals surface area contributed by atoms with E-state index in [2.05, 4.69) is 5.32 Å². The molecule has 0 radical (unpaired) electrons. The number of amides is 1. The van der Waals surface area contributed by atoms with E-state index in [1.807, 2.05) is 60.7 Å². The third kappa shape index (κ3) is 8.24. The van der Waals surface area contributed by atoms with Crippen LogP contribution in [-0.2, 0) is 33.9 Å². The molecule has 0 fully saturated rings. The highest BCUT2D eigenvalue weighted by Crippen LogP contribution is 2.16. The van der Waals surface area contributed by atoms with Crippen molar-refractivity contribution >= 4 is 28.8 Å². The van der Waals surface area contributed by atoms with E-state index in [0.29, 0.717) is 24.3 Å². The fourth-order valence-corrected chi connectivity index (χ4v) is 3.95. The number of carbonyl (C=O) groups excluding carboxylic acids is 3. The van der Waals surface area contributed by atoms with Crippen molar-refractivity contribution in [1.82, 2.24) is 5.32 Å². The third-order valence-corrected chi connectivity index (χ3v) is 6.03. The Balaban J connectivity index is 1.53. The van der Waals surface area contributed by atoms with Crippen LogP contribution in [0.25, 0.3) is 0 Å². The summed E-state index contributed by atoms with van der Waals surface area (Å²) in [5.74, 6) is -0.367. The van der Waals surface area contributed by atoms with Crippen LogP contribution in [0.2, 0.25) is 0 Å². The van der Waals surface area contributed by atoms with Gasteiger partial charge >= 0.3 is 5.97 Å². The molecule has 3 aromatic rings. The van der Waals surface area contributed by atoms with E-state index in [1.54, 1.807) is 24.3 Å². The summed E-state index contributed by atoms with van der Waals surface area (Å²) in [7, 11) is 0. The molecule has 0 aliphatic rings. The van der Waals surface area contributed by atoms with Crippen LogP contribution in [0.3, 0.4) is 0 Å². The molecule has 3 aromatic carbocycles. The second kappa shape index (κ2) is 12.6. The molecule has 0 aliphatic heterocycles. The quantitative estimate of drug-likeness (QED) is 0.439. The Hall–Kier alpha value is -3.38. The Morgan fingerprint density at radius 2 is 1.42 bits per heavy atom. The summed E-state index contributed by atoms with van der Waals surface area (Å²) in [5, 5.41) is 2.95. The van der Waals surface area contributed by atoms with Gasteiger partial charge in [-0.3, -0.25) is 9.59 Å². The van der Waals surface area contributed by atoms with Crippen molar-refractivity contribution in [1.29, 1.82) is 0 Å². The number of carbonyl (C=O) groups is 3. The van der Waals surface area contributed by atoms with Crippen molar-refractivity contribution in [3.8, 4) is 0 Å². The van der Waals surface area contributed by atoms with E-state index in [9.17, 15) is 14.4 Å². The third-order valence-electron chi connectivity index (χ3n) is 5.05. The fourth-order valence-electron chi connectivity index (χ4n) is 3.24. The molecule has 6 heteroatoms. The highest BCUT2D eigenvalue weighted by atomic mass is 32.2. The van der Waals surface area contributed by atoms with Gasteiger partial charge in [0.05, 0.1) is 11.5 Å². The first-order valence-electron chi connectivity index (χ1n) is 10.8. The summed E-state index contributed by atoms with van der Waals surface area (Å²) in [5.41, 5.74) is 3.32. The van der Waals surface area contributed by atoms with Gasteiger partial charge in [0.1, 0.15) is 6.61 Å². The lowest BCUT2D eigenvalue weighted by Crippen LogP contribution is -2.33. The van der Waals surface area contributed by atoms with Crippen LogP contribution in [0, 0.1) is 5.92 Å². The van der Waals surface area contributed by atoms with Crippen molar-refractivity contribution in [3.05, 3.63) is 107 Å². The summed E-state index contributed by atoms with van der Waals surface area (Å²) in [6.07, 6.45) is 0.569. The van der Waals surface area contributed by atoms with Crippen LogP contribution >= 0.6 is 11.8 Å². The maximum atomic E-state index is 12.8. The largest absolute Gasteiger partial charge is 0.457 e. The van der Waals surface area contributed by atoms with E-state index in [-0.39, 0.29) is 23.5 Å². The smallest absolute Gasteiger partial charge is 0.338 e. The van der Waals surface area contributed by atoms with Crippen LogP contribution in [0.5, 0.6) is 0 Å². The molecular formula is C27H27NO4S. The van der Waals surface area contributed by atoms with Crippen molar-refractivity contribution in [2.75, 3.05) is 5.75 Å². The molecule has 0 saturated carbocycles. The number of nitrogens with one attached hydrogen (secondary N) is 1. The molecule has 1 amide bonds. The van der Waals surface area contributed by atoms with Crippen LogP contribution in [0.4, 0.5) is 0 Å². The number of esters is 1. The Bertz CT molecular complexity index is 1050. The average Bonchev–Trinajstić information content (AvgIpc) is 2.85. The average molecular weight is 462 g/mol. The van der Waals surface area contributed by atoms with Gasteiger partial charge in [0.2, 0.25) is 5.91 Å². The van der Waals surface area contributed by atoms with Gasteiger partial charge in [-0.1, -0.05) is 84.6 Å². The van der Waals surface area contributed by atoms with Gasteiger partial charge in [-0.15, -0.1) is 0 Å². The molecule has 1 unspecified atom stereocenters. The lowest BCUT2D eigenvalue weighted by atomic mass is 10.00. The van der Waals surface area contributed by atoms with Crippen molar-refractivity contribution < 1.29 is 19.1 Å². The number of rotatable bonds is 10. The first kappa shape index (κ1) is 24.3. The highest BCUT2D eigenvalue weighted by molar-refractivity contribution is 8.13. The predicted octanol–water partition coefficient (Wildman–Crippen LogP) is 4.80. The highest BCUT2D eigenvalue weighted by Gasteiger charge is 2.20. The Morgan fingerprint density at radius 1 is 0.818 bits per heavy atom. The molecule has 0 aliphatic carbocycles. The Kier molecular flexibility index (Phi) is 9.27. The maximum absolute atomic E-state index is 12.8. The molecule has 170 valence electrons. The molecule has 3 rings (SSSR count). The molecule has 0 heterocycles. The van der Waals surface area contributed by atoms with Crippen molar-refractivity contribution in [3.63, 3.8) is 0 Å². The van der Waals surface area contributed by atoms with Gasteiger partial charge < -0.3 is 10.1 Å². The predicted molar refractivity (Wildman–Crippen MR) is 131 cm³/mol. The Morgan fingerprint density at radius 3 is 2.03 bits per heavy atom. The Labute approximate surface area is 198 Å². The normalized spacial score (nSPS) is 11.4. The molecule has 0 spiro atoms. The summed E-state index contributed by atoms with van der Waals surface area (Å²) in [6.45, 7) is 2.07. The van der Waals surface area contributed by atoms with E-state index >= 15 is 0 Å². The van der Waals surface area contributed by atoms with Crippen LogP contribution in [-0.4, -0.2) is 22.7 Å². The standard InChI is InChI=1S/C27H27NO4S/c1-20(29)33-19-25(16-21-8-4-2-5-9-21)26(30)28-17-22-12-14-24(15-13-22)27(31)32-18-23-10-6-3-7-11-23/h2-15,25H,16-19H2,1H3,(H,28,30). The van der Waals surface area contributed by atoms with E-state index < -0.39 is 5.97 Å². The zero-order chi connectivity index (χ0) is 23.5. The zero-order valence-electron chi connectivity index (χ0n) is 18.5. The number of benzene rings is 3. The molecule has 1 N–H and O–H groups in total. The summed E-state index contributed by atoms with van der Waals surface area (Å²) in [6, 6.07) is 26.3. The first-order chi connectivity index (χ1) is 16.0. The van der Waals surface area contributed by atoms with Gasteiger partial charge in [-0.05, 0) is 35.2 Å². The minimum Gasteiger partial charge on any atom is -0.457 e. The molecular weight excluding hydrogens is 434 g/mol. The fraction of sp³-hybridized carbons (Fsp3) is 0.222. The molecule has 1 atom stereocenters. The van der Waals surface area contributed by atoms with Gasteiger partial charge in [-0.2, -0.15) is 0 Å². The molecule has 0 bridgehead atoms. The molecule has 5 nitrogen and oxygen atoms in total. The second-order valence-electron chi connectivity index (χ2n) is 7.67. The molecule has 0 aromatic heterocycles. The van der Waals surface area contributed by atoms with Crippen molar-refractivity contribution in [2.24, 2.45) is 5.92 Å². The molecule has 0 saturated heterocycles. The topological polar surface area (TPSA) is 72.5 Å². The molecule has 33 heavy (non-hydrogen) atoms. The van der Waals surface area contributed by atoms with Crippen LogP contribution in [0.1, 0.15) is 34.0 Å². The van der Waals surface area contributed by atoms with Gasteiger partial charge in [-0.25, -0.2) is 4.79 Å². The minimum atomic E-state index is -0.390. The lowest BCUT2D eigenvalue weighted by molar-refractivity contribution is -0.124. The van der Waals surface area contributed by atoms with E-state index in [0.717, 1.165) is 16.7 Å². The van der Waals surface area contributed by atoms with Crippen LogP contribution in [0.15, 0.2) is 84.9 Å². The second-order valence-corrected chi connectivity index (χ2v) is 8.86. The summed E-state index contributed by atoms with van der Waals surface area (Å²) >= 11 is 1.17. The minimum absolute atomic E-state index is 0.00407. The zero-order valence-corrected chi connectivity index (χ0v) is 19.3. The lowest BCUT2D eigenvalue weighted by Gasteiger charge is -2.16. The van der Waals surface area contributed by atoms with E-state index in [4.69, 9.17) is 4.74 Å². The van der Waals surface area contributed by atoms with Crippen molar-refractivity contribution in [2.45, 2.75) is 26.5 Å². The number of ether oxygens (including phenoxy) is 1. The van der Waals surface area contributed by atoms with Crippen LogP contribution < -0.4 is 5.32 Å². The SMILES string of the molecule is CC(=O)SCC(Cc1ccccc1)C(=O)NCc1ccc(C(=O)OCc2ccccc2)cc1. The van der Waals surface area contributed by atoms with Gasteiger partial charge in [0, 0.05) is 19.2 Å². The van der Waals surface area contributed by atoms with Gasteiger partial charge in [0.15, 0.2) is 5.12 Å². The maximum Gasteiger partial charge on any atom is 0.338 e.